The number of ether oxygens (including phenoxy) is 3. The van der Waals surface area contributed by atoms with E-state index in [4.69, 9.17) is 19.2 Å². The average molecular weight is 434 g/mol. The van der Waals surface area contributed by atoms with E-state index in [1.807, 2.05) is 25.1 Å². The zero-order valence-corrected chi connectivity index (χ0v) is 18.2. The van der Waals surface area contributed by atoms with Crippen LogP contribution in [0.1, 0.15) is 5.56 Å². The number of hydrogen-bond acceptors (Lipinski definition) is 7. The molecule has 2 N–H and O–H groups in total. The molecule has 0 bridgehead atoms. The fraction of sp³-hybridized carbons (Fsp3) is 0.333. The number of pyridine rings is 1. The number of aromatic nitrogens is 3. The van der Waals surface area contributed by atoms with E-state index < -0.39 is 0 Å². The van der Waals surface area contributed by atoms with Crippen molar-refractivity contribution in [2.24, 2.45) is 0 Å². The topological polar surface area (TPSA) is 92.7 Å². The zero-order chi connectivity index (χ0) is 22.1. The van der Waals surface area contributed by atoms with Crippen molar-refractivity contribution in [1.82, 2.24) is 20.1 Å². The molecule has 0 radical (unpaired) electrons. The van der Waals surface area contributed by atoms with Crippen LogP contribution in [-0.2, 0) is 4.74 Å². The summed E-state index contributed by atoms with van der Waals surface area (Å²) in [6, 6.07) is 9.05. The molecule has 1 fully saturated rings. The van der Waals surface area contributed by atoms with Gasteiger partial charge in [0.1, 0.15) is 12.4 Å². The molecule has 0 saturated carbocycles. The van der Waals surface area contributed by atoms with Crippen LogP contribution in [-0.4, -0.2) is 71.8 Å². The third-order valence-corrected chi connectivity index (χ3v) is 5.97. The molecule has 0 atom stereocenters. The van der Waals surface area contributed by atoms with Gasteiger partial charge in [0.05, 0.1) is 32.2 Å². The number of fused-ring (bicyclic) bond motifs is 3. The van der Waals surface area contributed by atoms with Crippen LogP contribution >= 0.6 is 0 Å². The van der Waals surface area contributed by atoms with E-state index in [2.05, 4.69) is 15.1 Å². The molecule has 8 heteroatoms. The van der Waals surface area contributed by atoms with Crippen LogP contribution < -0.4 is 9.47 Å². The molecule has 8 nitrogen and oxygen atoms in total. The SMILES string of the molecule is COc1c(OCCN2CCOCC2)cc2c(-c3ccc(O)cc3)nc3[nH]ncc3c2c1C. The minimum Gasteiger partial charge on any atom is -0.508 e. The second kappa shape index (κ2) is 8.64. The summed E-state index contributed by atoms with van der Waals surface area (Å²) in [6.45, 7) is 6.78. The number of nitrogens with zero attached hydrogens (tertiary/aromatic N) is 3. The third kappa shape index (κ3) is 3.72. The van der Waals surface area contributed by atoms with Crippen LogP contribution in [0.3, 0.4) is 0 Å². The zero-order valence-electron chi connectivity index (χ0n) is 18.2. The Morgan fingerprint density at radius 1 is 1.16 bits per heavy atom. The predicted octanol–water partition coefficient (Wildman–Crippen LogP) is 3.51. The monoisotopic (exact) mass is 434 g/mol. The molecule has 0 amide bonds. The van der Waals surface area contributed by atoms with E-state index in [1.165, 1.54) is 0 Å². The number of rotatable bonds is 6. The molecule has 1 saturated heterocycles. The summed E-state index contributed by atoms with van der Waals surface area (Å²) >= 11 is 0. The number of phenols is 1. The Labute approximate surface area is 185 Å². The van der Waals surface area contributed by atoms with Crippen molar-refractivity contribution in [2.45, 2.75) is 6.92 Å². The van der Waals surface area contributed by atoms with Gasteiger partial charge in [-0.1, -0.05) is 0 Å². The van der Waals surface area contributed by atoms with Gasteiger partial charge in [0, 0.05) is 46.9 Å². The summed E-state index contributed by atoms with van der Waals surface area (Å²) in [5.41, 5.74) is 3.36. The van der Waals surface area contributed by atoms with E-state index in [-0.39, 0.29) is 5.75 Å². The first-order valence-electron chi connectivity index (χ1n) is 10.7. The maximum Gasteiger partial charge on any atom is 0.164 e. The Bertz CT molecular complexity index is 1250. The number of aromatic amines is 1. The van der Waals surface area contributed by atoms with Crippen LogP contribution in [0.5, 0.6) is 17.2 Å². The summed E-state index contributed by atoms with van der Waals surface area (Å²) in [4.78, 5) is 7.17. The van der Waals surface area contributed by atoms with E-state index in [0.29, 0.717) is 23.8 Å². The standard InChI is InChI=1S/C24H26N4O4/c1-15-21-18(13-20(23(15)30-2)32-12-9-28-7-10-31-11-8-28)22(16-3-5-17(29)6-4-16)26-24-19(21)14-25-27-24/h3-6,13-14,29H,7-12H2,1-2H3,(H,25,26,27). The second-order valence-corrected chi connectivity index (χ2v) is 7.90. The Hall–Kier alpha value is -3.36. The molecule has 2 aromatic carbocycles. The molecular formula is C24H26N4O4. The van der Waals surface area contributed by atoms with Crippen LogP contribution in [0, 0.1) is 6.92 Å². The number of phenolic OH excluding ortho intramolecular Hbond substituents is 1. The molecule has 5 rings (SSSR count). The minimum absolute atomic E-state index is 0.214. The summed E-state index contributed by atoms with van der Waals surface area (Å²) in [7, 11) is 1.66. The lowest BCUT2D eigenvalue weighted by molar-refractivity contribution is 0.0321. The smallest absolute Gasteiger partial charge is 0.164 e. The first kappa shape index (κ1) is 20.5. The van der Waals surface area contributed by atoms with Gasteiger partial charge in [-0.2, -0.15) is 5.10 Å². The number of H-pyrrole nitrogens is 1. The fourth-order valence-electron chi connectivity index (χ4n) is 4.33. The molecular weight excluding hydrogens is 408 g/mol. The van der Waals surface area contributed by atoms with Gasteiger partial charge in [-0.3, -0.25) is 10.00 Å². The Balaban J connectivity index is 1.60. The van der Waals surface area contributed by atoms with E-state index >= 15 is 0 Å². The van der Waals surface area contributed by atoms with Crippen LogP contribution in [0.2, 0.25) is 0 Å². The normalized spacial score (nSPS) is 14.8. The van der Waals surface area contributed by atoms with Crippen LogP contribution in [0.15, 0.2) is 36.5 Å². The van der Waals surface area contributed by atoms with Crippen molar-refractivity contribution < 1.29 is 19.3 Å². The molecule has 1 aliphatic heterocycles. The Morgan fingerprint density at radius 3 is 2.69 bits per heavy atom. The number of morpholine rings is 1. The lowest BCUT2D eigenvalue weighted by atomic mass is 9.97. The van der Waals surface area contributed by atoms with Gasteiger partial charge in [-0.15, -0.1) is 0 Å². The van der Waals surface area contributed by atoms with Crippen molar-refractivity contribution in [3.8, 4) is 28.5 Å². The Morgan fingerprint density at radius 2 is 1.94 bits per heavy atom. The molecule has 0 aliphatic carbocycles. The van der Waals surface area contributed by atoms with Crippen LogP contribution in [0.4, 0.5) is 0 Å². The van der Waals surface area contributed by atoms with Gasteiger partial charge < -0.3 is 19.3 Å². The summed E-state index contributed by atoms with van der Waals surface area (Å²) in [5, 5.41) is 19.8. The van der Waals surface area contributed by atoms with Crippen molar-refractivity contribution >= 4 is 21.8 Å². The third-order valence-electron chi connectivity index (χ3n) is 5.97. The first-order chi connectivity index (χ1) is 15.7. The number of aromatic hydroxyl groups is 1. The molecule has 0 unspecified atom stereocenters. The maximum atomic E-state index is 9.73. The summed E-state index contributed by atoms with van der Waals surface area (Å²) in [6.07, 6.45) is 1.79. The molecule has 3 heterocycles. The lowest BCUT2D eigenvalue weighted by Crippen LogP contribution is -2.38. The fourth-order valence-corrected chi connectivity index (χ4v) is 4.33. The van der Waals surface area contributed by atoms with E-state index in [1.54, 1.807) is 25.4 Å². The van der Waals surface area contributed by atoms with Crippen molar-refractivity contribution in [2.75, 3.05) is 46.6 Å². The highest BCUT2D eigenvalue weighted by Gasteiger charge is 2.20. The van der Waals surface area contributed by atoms with Gasteiger partial charge in [0.15, 0.2) is 17.1 Å². The molecule has 4 aromatic rings. The van der Waals surface area contributed by atoms with E-state index in [0.717, 1.165) is 65.8 Å². The van der Waals surface area contributed by atoms with Crippen molar-refractivity contribution in [3.05, 3.63) is 42.1 Å². The number of benzene rings is 2. The number of hydrogen-bond donors (Lipinski definition) is 2. The highest BCUT2D eigenvalue weighted by Crippen LogP contribution is 2.42. The average Bonchev–Trinajstić information content (AvgIpc) is 3.28. The summed E-state index contributed by atoms with van der Waals surface area (Å²) < 4.78 is 17.4. The second-order valence-electron chi connectivity index (χ2n) is 7.90. The quantitative estimate of drug-likeness (QED) is 0.480. The largest absolute Gasteiger partial charge is 0.508 e. The van der Waals surface area contributed by atoms with Gasteiger partial charge in [-0.05, 0) is 37.3 Å². The first-order valence-corrected chi connectivity index (χ1v) is 10.7. The minimum atomic E-state index is 0.214. The number of aryl methyl sites for hydroxylation is 1. The predicted molar refractivity (Wildman–Crippen MR) is 123 cm³/mol. The molecule has 1 aliphatic rings. The maximum absolute atomic E-state index is 9.73. The lowest BCUT2D eigenvalue weighted by Gasteiger charge is -2.26. The van der Waals surface area contributed by atoms with Crippen LogP contribution in [0.25, 0.3) is 33.1 Å². The van der Waals surface area contributed by atoms with Gasteiger partial charge in [0.2, 0.25) is 0 Å². The van der Waals surface area contributed by atoms with Crippen molar-refractivity contribution in [1.29, 1.82) is 0 Å². The van der Waals surface area contributed by atoms with E-state index in [9.17, 15) is 5.11 Å². The molecule has 32 heavy (non-hydrogen) atoms. The highest BCUT2D eigenvalue weighted by molar-refractivity contribution is 6.12. The Kier molecular flexibility index (Phi) is 5.55. The highest BCUT2D eigenvalue weighted by atomic mass is 16.5. The molecule has 166 valence electrons. The number of methoxy groups -OCH3 is 1. The molecule has 2 aromatic heterocycles. The van der Waals surface area contributed by atoms with Gasteiger partial charge >= 0.3 is 0 Å². The van der Waals surface area contributed by atoms with Gasteiger partial charge in [-0.25, -0.2) is 4.98 Å². The summed E-state index contributed by atoms with van der Waals surface area (Å²) in [5.74, 6) is 1.62. The number of nitrogens with one attached hydrogen (secondary N) is 1. The molecule has 0 spiro atoms. The van der Waals surface area contributed by atoms with Gasteiger partial charge in [0.25, 0.3) is 0 Å². The van der Waals surface area contributed by atoms with Crippen molar-refractivity contribution in [3.63, 3.8) is 0 Å².